The Morgan fingerprint density at radius 2 is 2.07 bits per heavy atom. The Bertz CT molecular complexity index is 613. The third kappa shape index (κ3) is 8.40. The molecular weight excluding hydrogens is 471 g/mol. The molecule has 0 aromatic heterocycles. The van der Waals surface area contributed by atoms with Gasteiger partial charge in [-0.2, -0.15) is 0 Å². The second kappa shape index (κ2) is 13.1. The summed E-state index contributed by atoms with van der Waals surface area (Å²) in [5.74, 6) is 2.59. The van der Waals surface area contributed by atoms with Gasteiger partial charge in [-0.3, -0.25) is 9.89 Å². The standard InChI is InChI=1S/C20H34N4O3.HI/c1-15(2)13-24-9-10-27-17(14-24)12-23-20(21)22-8-7-16-5-6-18(25-3)19(11-16)26-4;/h5-6,11,15,17H,7-10,12-14H2,1-4H3,(H3,21,22,23);1H. The maximum Gasteiger partial charge on any atom is 0.188 e. The summed E-state index contributed by atoms with van der Waals surface area (Å²) in [5, 5.41) is 3.17. The van der Waals surface area contributed by atoms with E-state index in [2.05, 4.69) is 29.1 Å². The fourth-order valence-corrected chi connectivity index (χ4v) is 3.20. The average Bonchev–Trinajstić information content (AvgIpc) is 2.66. The molecule has 0 amide bonds. The van der Waals surface area contributed by atoms with Crippen LogP contribution < -0.4 is 20.5 Å². The van der Waals surface area contributed by atoms with Crippen LogP contribution in [0.25, 0.3) is 0 Å². The van der Waals surface area contributed by atoms with Crippen molar-refractivity contribution >= 4 is 29.9 Å². The van der Waals surface area contributed by atoms with Crippen molar-refractivity contribution in [3.63, 3.8) is 0 Å². The van der Waals surface area contributed by atoms with Gasteiger partial charge in [0.15, 0.2) is 17.5 Å². The lowest BCUT2D eigenvalue weighted by molar-refractivity contribution is -0.0261. The Labute approximate surface area is 186 Å². The molecule has 1 aliphatic rings. The van der Waals surface area contributed by atoms with Gasteiger partial charge in [0, 0.05) is 26.2 Å². The number of guanidine groups is 1. The Morgan fingerprint density at radius 1 is 1.32 bits per heavy atom. The quantitative estimate of drug-likeness (QED) is 0.304. The maximum absolute atomic E-state index is 6.00. The minimum Gasteiger partial charge on any atom is -0.493 e. The molecule has 7 nitrogen and oxygen atoms in total. The van der Waals surface area contributed by atoms with Crippen LogP contribution in [-0.4, -0.2) is 70.5 Å². The normalized spacial score (nSPS) is 17.9. The molecule has 1 atom stereocenters. The van der Waals surface area contributed by atoms with E-state index in [-0.39, 0.29) is 30.1 Å². The summed E-state index contributed by atoms with van der Waals surface area (Å²) in [4.78, 5) is 6.88. The number of morpholine rings is 1. The minimum absolute atomic E-state index is 0. The summed E-state index contributed by atoms with van der Waals surface area (Å²) < 4.78 is 16.4. The minimum atomic E-state index is 0. The summed E-state index contributed by atoms with van der Waals surface area (Å²) in [6.07, 6.45) is 0.933. The summed E-state index contributed by atoms with van der Waals surface area (Å²) in [7, 11) is 3.27. The number of nitrogens with one attached hydrogen (secondary N) is 1. The first-order chi connectivity index (χ1) is 13.0. The first-order valence-electron chi connectivity index (χ1n) is 9.60. The Balaban J connectivity index is 0.00000392. The van der Waals surface area contributed by atoms with Crippen LogP contribution >= 0.6 is 24.0 Å². The molecule has 1 saturated heterocycles. The largest absolute Gasteiger partial charge is 0.493 e. The highest BCUT2D eigenvalue weighted by Crippen LogP contribution is 2.27. The highest BCUT2D eigenvalue weighted by molar-refractivity contribution is 14.0. The van der Waals surface area contributed by atoms with Gasteiger partial charge in [0.2, 0.25) is 0 Å². The van der Waals surface area contributed by atoms with Gasteiger partial charge in [-0.15, -0.1) is 24.0 Å². The molecule has 2 rings (SSSR count). The second-order valence-corrected chi connectivity index (χ2v) is 7.24. The van der Waals surface area contributed by atoms with E-state index in [0.29, 0.717) is 25.0 Å². The van der Waals surface area contributed by atoms with Crippen LogP contribution in [-0.2, 0) is 11.2 Å². The number of hydrogen-bond donors (Lipinski definition) is 2. The van der Waals surface area contributed by atoms with Crippen LogP contribution in [0.5, 0.6) is 11.5 Å². The fourth-order valence-electron chi connectivity index (χ4n) is 3.20. The molecule has 1 aromatic rings. The molecule has 1 unspecified atom stereocenters. The molecule has 1 aromatic carbocycles. The Kier molecular flexibility index (Phi) is 11.6. The number of nitrogens with two attached hydrogens (primary N) is 1. The number of nitrogens with zero attached hydrogens (tertiary/aromatic N) is 2. The van der Waals surface area contributed by atoms with Gasteiger partial charge in [-0.25, -0.2) is 0 Å². The van der Waals surface area contributed by atoms with Crippen LogP contribution in [0.2, 0.25) is 0 Å². The van der Waals surface area contributed by atoms with Gasteiger partial charge in [0.25, 0.3) is 0 Å². The van der Waals surface area contributed by atoms with Crippen LogP contribution in [0.1, 0.15) is 19.4 Å². The van der Waals surface area contributed by atoms with Crippen molar-refractivity contribution in [2.45, 2.75) is 26.4 Å². The lowest BCUT2D eigenvalue weighted by Crippen LogP contribution is -2.45. The van der Waals surface area contributed by atoms with Crippen LogP contribution in [0, 0.1) is 5.92 Å². The van der Waals surface area contributed by atoms with Gasteiger partial charge in [-0.05, 0) is 30.0 Å². The third-order valence-electron chi connectivity index (χ3n) is 4.48. The summed E-state index contributed by atoms with van der Waals surface area (Å²) in [6.45, 7) is 9.55. The van der Waals surface area contributed by atoms with Crippen molar-refractivity contribution in [2.75, 3.05) is 53.6 Å². The zero-order valence-corrected chi connectivity index (χ0v) is 19.8. The molecule has 0 radical (unpaired) electrons. The number of aliphatic imine (C=N–C) groups is 1. The summed E-state index contributed by atoms with van der Waals surface area (Å²) >= 11 is 0. The summed E-state index contributed by atoms with van der Waals surface area (Å²) in [5.41, 5.74) is 7.14. The van der Waals surface area contributed by atoms with E-state index in [1.165, 1.54) is 0 Å². The number of rotatable bonds is 9. The van der Waals surface area contributed by atoms with Gasteiger partial charge in [0.05, 0.1) is 33.5 Å². The van der Waals surface area contributed by atoms with Crippen molar-refractivity contribution in [2.24, 2.45) is 16.6 Å². The zero-order chi connectivity index (χ0) is 19.6. The van der Waals surface area contributed by atoms with Crippen molar-refractivity contribution < 1.29 is 14.2 Å². The molecule has 28 heavy (non-hydrogen) atoms. The predicted molar refractivity (Wildman–Crippen MR) is 124 cm³/mol. The number of halogens is 1. The topological polar surface area (TPSA) is 81.3 Å². The van der Waals surface area contributed by atoms with Crippen molar-refractivity contribution in [3.05, 3.63) is 23.8 Å². The fraction of sp³-hybridized carbons (Fsp3) is 0.650. The van der Waals surface area contributed by atoms with Gasteiger partial charge < -0.3 is 25.3 Å². The SMILES string of the molecule is COc1ccc(CCNC(N)=NCC2CN(CC(C)C)CCO2)cc1OC.I. The van der Waals surface area contributed by atoms with E-state index in [0.717, 1.165) is 49.7 Å². The molecule has 1 aliphatic heterocycles. The lowest BCUT2D eigenvalue weighted by Gasteiger charge is -2.33. The van der Waals surface area contributed by atoms with Crippen molar-refractivity contribution in [1.29, 1.82) is 0 Å². The number of hydrogen-bond acceptors (Lipinski definition) is 5. The Hall–Kier alpha value is -1.26. The van der Waals surface area contributed by atoms with Crippen LogP contribution in [0.15, 0.2) is 23.2 Å². The molecule has 1 heterocycles. The molecule has 0 bridgehead atoms. The smallest absolute Gasteiger partial charge is 0.188 e. The maximum atomic E-state index is 6.00. The monoisotopic (exact) mass is 506 g/mol. The van der Waals surface area contributed by atoms with E-state index in [1.807, 2.05) is 18.2 Å². The van der Waals surface area contributed by atoms with Crippen LogP contribution in [0.3, 0.4) is 0 Å². The number of methoxy groups -OCH3 is 2. The average molecular weight is 506 g/mol. The van der Waals surface area contributed by atoms with E-state index in [9.17, 15) is 0 Å². The molecule has 0 saturated carbocycles. The van der Waals surface area contributed by atoms with Crippen LogP contribution in [0.4, 0.5) is 0 Å². The predicted octanol–water partition coefficient (Wildman–Crippen LogP) is 2.13. The number of ether oxygens (including phenoxy) is 3. The molecule has 3 N–H and O–H groups in total. The van der Waals surface area contributed by atoms with E-state index < -0.39 is 0 Å². The first kappa shape index (κ1) is 24.8. The molecule has 1 fully saturated rings. The van der Waals surface area contributed by atoms with E-state index in [1.54, 1.807) is 14.2 Å². The van der Waals surface area contributed by atoms with E-state index >= 15 is 0 Å². The van der Waals surface area contributed by atoms with Gasteiger partial charge in [0.1, 0.15) is 0 Å². The van der Waals surface area contributed by atoms with Crippen molar-refractivity contribution in [1.82, 2.24) is 10.2 Å². The molecule has 0 aliphatic carbocycles. The third-order valence-corrected chi connectivity index (χ3v) is 4.48. The highest BCUT2D eigenvalue weighted by atomic mass is 127. The van der Waals surface area contributed by atoms with Gasteiger partial charge >= 0.3 is 0 Å². The Morgan fingerprint density at radius 3 is 2.75 bits per heavy atom. The lowest BCUT2D eigenvalue weighted by atomic mass is 10.1. The van der Waals surface area contributed by atoms with Gasteiger partial charge in [-0.1, -0.05) is 19.9 Å². The zero-order valence-electron chi connectivity index (χ0n) is 17.4. The molecule has 0 spiro atoms. The molecular formula is C20H35IN4O3. The van der Waals surface area contributed by atoms with E-state index in [4.69, 9.17) is 19.9 Å². The highest BCUT2D eigenvalue weighted by Gasteiger charge is 2.20. The number of benzene rings is 1. The molecule has 8 heteroatoms. The second-order valence-electron chi connectivity index (χ2n) is 7.24. The van der Waals surface area contributed by atoms with Crippen molar-refractivity contribution in [3.8, 4) is 11.5 Å². The summed E-state index contributed by atoms with van der Waals surface area (Å²) in [6, 6.07) is 5.91. The molecule has 160 valence electrons. The first-order valence-corrected chi connectivity index (χ1v) is 9.60.